The van der Waals surface area contributed by atoms with Gasteiger partial charge in [0, 0.05) is 46.3 Å². The molecular weight excluding hydrogens is 372 g/mol. The summed E-state index contributed by atoms with van der Waals surface area (Å²) in [5.74, 6) is 2.88. The number of thioether (sulfide) groups is 1. The molecular formula is C20H36N6OS. The van der Waals surface area contributed by atoms with Gasteiger partial charge in [-0.25, -0.2) is 0 Å². The number of nitrogens with one attached hydrogen (secondary N) is 1. The molecule has 0 aromatic carbocycles. The van der Waals surface area contributed by atoms with E-state index >= 15 is 0 Å². The van der Waals surface area contributed by atoms with Crippen LogP contribution in [0, 0.1) is 5.92 Å². The van der Waals surface area contributed by atoms with Crippen LogP contribution in [0.3, 0.4) is 0 Å². The summed E-state index contributed by atoms with van der Waals surface area (Å²) >= 11 is 1.71. The summed E-state index contributed by atoms with van der Waals surface area (Å²) < 4.78 is 8.14. The minimum atomic E-state index is 0.593. The molecule has 0 atom stereocenters. The summed E-state index contributed by atoms with van der Waals surface area (Å²) in [5, 5.41) is 13.4. The second-order valence-electron chi connectivity index (χ2n) is 7.93. The maximum absolute atomic E-state index is 5.74. The molecule has 1 heterocycles. The summed E-state index contributed by atoms with van der Waals surface area (Å²) in [7, 11) is 3.91. The van der Waals surface area contributed by atoms with Crippen molar-refractivity contribution < 1.29 is 4.74 Å². The molecule has 2 aliphatic carbocycles. The second kappa shape index (κ2) is 11.0. The number of guanidine groups is 1. The standard InChI is InChI=1S/C20H36N6OS/c1-21-19(25(2)13-14-27-15-16-10-11-16)22-12-6-9-18-23-24-20(28-3)26(18)17-7-4-5-8-17/h16-17H,4-15H2,1-3H3,(H,21,22). The Balaban J connectivity index is 1.39. The van der Waals surface area contributed by atoms with Crippen molar-refractivity contribution in [2.75, 3.05) is 46.7 Å². The Morgan fingerprint density at radius 2 is 2.07 bits per heavy atom. The van der Waals surface area contributed by atoms with Crippen LogP contribution in [0.2, 0.25) is 0 Å². The molecule has 0 radical (unpaired) electrons. The van der Waals surface area contributed by atoms with Gasteiger partial charge in [-0.2, -0.15) is 0 Å². The third-order valence-corrected chi connectivity index (χ3v) is 6.31. The number of hydrogen-bond donors (Lipinski definition) is 1. The summed E-state index contributed by atoms with van der Waals surface area (Å²) in [6, 6.07) is 0.593. The van der Waals surface area contributed by atoms with Crippen molar-refractivity contribution in [3.8, 4) is 0 Å². The first kappa shape index (κ1) is 21.4. The molecule has 1 aromatic heterocycles. The molecule has 0 spiro atoms. The van der Waals surface area contributed by atoms with E-state index in [9.17, 15) is 0 Å². The maximum Gasteiger partial charge on any atom is 0.193 e. The fraction of sp³-hybridized carbons (Fsp3) is 0.850. The third-order valence-electron chi connectivity index (χ3n) is 5.66. The molecule has 1 N–H and O–H groups in total. The molecule has 8 heteroatoms. The molecule has 2 fully saturated rings. The van der Waals surface area contributed by atoms with Gasteiger partial charge in [-0.3, -0.25) is 4.99 Å². The molecule has 0 aliphatic heterocycles. The summed E-state index contributed by atoms with van der Waals surface area (Å²) in [6.07, 6.45) is 11.9. The van der Waals surface area contributed by atoms with Crippen LogP contribution in [0.1, 0.15) is 56.8 Å². The Morgan fingerprint density at radius 1 is 1.29 bits per heavy atom. The molecule has 158 valence electrons. The predicted octanol–water partition coefficient (Wildman–Crippen LogP) is 2.98. The molecule has 0 saturated heterocycles. The smallest absolute Gasteiger partial charge is 0.193 e. The van der Waals surface area contributed by atoms with Gasteiger partial charge < -0.3 is 19.5 Å². The van der Waals surface area contributed by atoms with Crippen LogP contribution in [-0.2, 0) is 11.2 Å². The van der Waals surface area contributed by atoms with Crippen LogP contribution >= 0.6 is 11.8 Å². The van der Waals surface area contributed by atoms with Crippen molar-refractivity contribution in [1.82, 2.24) is 25.0 Å². The lowest BCUT2D eigenvalue weighted by atomic mass is 10.2. The van der Waals surface area contributed by atoms with Gasteiger partial charge in [-0.05, 0) is 44.3 Å². The van der Waals surface area contributed by atoms with Gasteiger partial charge in [0.25, 0.3) is 0 Å². The van der Waals surface area contributed by atoms with Gasteiger partial charge in [0.1, 0.15) is 5.82 Å². The molecule has 1 aromatic rings. The first-order valence-electron chi connectivity index (χ1n) is 10.7. The van der Waals surface area contributed by atoms with Gasteiger partial charge in [0.15, 0.2) is 11.1 Å². The zero-order valence-electron chi connectivity index (χ0n) is 17.7. The third kappa shape index (κ3) is 6.11. The monoisotopic (exact) mass is 408 g/mol. The van der Waals surface area contributed by atoms with Crippen molar-refractivity contribution in [1.29, 1.82) is 0 Å². The van der Waals surface area contributed by atoms with Crippen molar-refractivity contribution in [3.05, 3.63) is 5.82 Å². The molecule has 0 amide bonds. The predicted molar refractivity (Wildman–Crippen MR) is 115 cm³/mol. The van der Waals surface area contributed by atoms with E-state index in [1.807, 2.05) is 7.05 Å². The van der Waals surface area contributed by atoms with E-state index in [1.165, 1.54) is 38.5 Å². The average molecular weight is 409 g/mol. The fourth-order valence-electron chi connectivity index (χ4n) is 3.82. The van der Waals surface area contributed by atoms with Crippen LogP contribution in [-0.4, -0.2) is 72.3 Å². The van der Waals surface area contributed by atoms with Gasteiger partial charge in [-0.1, -0.05) is 24.6 Å². The number of hydrogen-bond acceptors (Lipinski definition) is 5. The van der Waals surface area contributed by atoms with Gasteiger partial charge in [0.2, 0.25) is 0 Å². The largest absolute Gasteiger partial charge is 0.379 e. The van der Waals surface area contributed by atoms with E-state index in [0.29, 0.717) is 6.04 Å². The first-order chi connectivity index (χ1) is 13.7. The topological polar surface area (TPSA) is 67.6 Å². The number of ether oxygens (including phenoxy) is 1. The zero-order chi connectivity index (χ0) is 19.8. The van der Waals surface area contributed by atoms with Crippen molar-refractivity contribution in [3.63, 3.8) is 0 Å². The molecule has 0 unspecified atom stereocenters. The van der Waals surface area contributed by atoms with Crippen molar-refractivity contribution >= 4 is 17.7 Å². The number of rotatable bonds is 11. The van der Waals surface area contributed by atoms with E-state index in [2.05, 4.69) is 43.3 Å². The minimum Gasteiger partial charge on any atom is -0.379 e. The van der Waals surface area contributed by atoms with Gasteiger partial charge in [-0.15, -0.1) is 10.2 Å². The van der Waals surface area contributed by atoms with Crippen LogP contribution < -0.4 is 5.32 Å². The highest BCUT2D eigenvalue weighted by Gasteiger charge is 2.23. The number of aryl methyl sites for hydroxylation is 1. The van der Waals surface area contributed by atoms with Gasteiger partial charge in [0.05, 0.1) is 6.61 Å². The first-order valence-corrected chi connectivity index (χ1v) is 11.9. The average Bonchev–Trinajstić information content (AvgIpc) is 3.20. The quantitative estimate of drug-likeness (QED) is 0.263. The SMILES string of the molecule is CN=C(NCCCc1nnc(SC)n1C1CCCC1)N(C)CCOCC1CC1. The Morgan fingerprint density at radius 3 is 2.75 bits per heavy atom. The van der Waals surface area contributed by atoms with Crippen LogP contribution in [0.25, 0.3) is 0 Å². The lowest BCUT2D eigenvalue weighted by Gasteiger charge is -2.22. The Hall–Kier alpha value is -1.28. The van der Waals surface area contributed by atoms with Crippen molar-refractivity contribution in [2.24, 2.45) is 10.9 Å². The van der Waals surface area contributed by atoms with E-state index in [-0.39, 0.29) is 0 Å². The highest BCUT2D eigenvalue weighted by Crippen LogP contribution is 2.33. The number of nitrogens with zero attached hydrogens (tertiary/aromatic N) is 5. The number of aliphatic imine (C=N–C) groups is 1. The highest BCUT2D eigenvalue weighted by atomic mass is 32.2. The molecule has 28 heavy (non-hydrogen) atoms. The normalized spacial score (nSPS) is 18.0. The number of aromatic nitrogens is 3. The Kier molecular flexibility index (Phi) is 8.45. The minimum absolute atomic E-state index is 0.593. The Bertz CT molecular complexity index is 624. The lowest BCUT2D eigenvalue weighted by molar-refractivity contribution is 0.115. The Labute approximate surface area is 173 Å². The molecule has 0 bridgehead atoms. The van der Waals surface area contributed by atoms with Crippen LogP contribution in [0.4, 0.5) is 0 Å². The fourth-order valence-corrected chi connectivity index (χ4v) is 4.39. The lowest BCUT2D eigenvalue weighted by Crippen LogP contribution is -2.41. The van der Waals surface area contributed by atoms with Crippen LogP contribution in [0.15, 0.2) is 10.1 Å². The number of likely N-dealkylation sites (N-methyl/N-ethyl adjacent to an activating group) is 1. The summed E-state index contributed by atoms with van der Waals surface area (Å²) in [6.45, 7) is 3.42. The molecule has 2 aliphatic rings. The van der Waals surface area contributed by atoms with Gasteiger partial charge >= 0.3 is 0 Å². The van der Waals surface area contributed by atoms with E-state index < -0.39 is 0 Å². The van der Waals surface area contributed by atoms with E-state index in [1.54, 1.807) is 11.8 Å². The van der Waals surface area contributed by atoms with Crippen LogP contribution in [0.5, 0.6) is 0 Å². The molecule has 2 saturated carbocycles. The molecule has 3 rings (SSSR count). The second-order valence-corrected chi connectivity index (χ2v) is 8.70. The summed E-state index contributed by atoms with van der Waals surface area (Å²) in [4.78, 5) is 6.53. The van der Waals surface area contributed by atoms with Crippen molar-refractivity contribution in [2.45, 2.75) is 62.6 Å². The maximum atomic E-state index is 5.74. The van der Waals surface area contributed by atoms with E-state index in [0.717, 1.165) is 62.0 Å². The highest BCUT2D eigenvalue weighted by molar-refractivity contribution is 7.98. The summed E-state index contributed by atoms with van der Waals surface area (Å²) in [5.41, 5.74) is 0. The molecule has 7 nitrogen and oxygen atoms in total. The van der Waals surface area contributed by atoms with E-state index in [4.69, 9.17) is 4.74 Å². The zero-order valence-corrected chi connectivity index (χ0v) is 18.5.